The zero-order chi connectivity index (χ0) is 19.0. The van der Waals surface area contributed by atoms with Crippen molar-refractivity contribution < 1.29 is 23.9 Å². The van der Waals surface area contributed by atoms with E-state index >= 15 is 0 Å². The molecule has 0 spiro atoms. The number of amides is 2. The van der Waals surface area contributed by atoms with Crippen LogP contribution >= 0.6 is 0 Å². The average molecular weight is 366 g/mol. The predicted octanol–water partition coefficient (Wildman–Crippen LogP) is 2.49. The van der Waals surface area contributed by atoms with Gasteiger partial charge >= 0.3 is 5.97 Å². The maximum Gasteiger partial charge on any atom is 0.340 e. The van der Waals surface area contributed by atoms with Crippen molar-refractivity contribution in [2.45, 2.75) is 25.1 Å². The molecule has 2 amide bonds. The Morgan fingerprint density at radius 2 is 1.89 bits per heavy atom. The Morgan fingerprint density at radius 3 is 2.63 bits per heavy atom. The van der Waals surface area contributed by atoms with Gasteiger partial charge in [-0.1, -0.05) is 18.2 Å². The van der Waals surface area contributed by atoms with Crippen LogP contribution in [0.25, 0.3) is 0 Å². The molecule has 2 aliphatic heterocycles. The van der Waals surface area contributed by atoms with E-state index in [-0.39, 0.29) is 18.2 Å². The fourth-order valence-corrected chi connectivity index (χ4v) is 3.49. The number of ether oxygens (including phenoxy) is 2. The van der Waals surface area contributed by atoms with Gasteiger partial charge in [0.1, 0.15) is 11.8 Å². The number of benzene rings is 2. The fourth-order valence-electron chi connectivity index (χ4n) is 3.49. The number of hydrogen-bond donors (Lipinski definition) is 1. The topological polar surface area (TPSA) is 84.9 Å². The first-order valence-corrected chi connectivity index (χ1v) is 8.64. The Balaban J connectivity index is 1.56. The molecule has 0 aliphatic carbocycles. The SMILES string of the molecule is COc1ccc(NC(=O)C2CCC(=O)N2C2OC(=O)c3ccccc32)cc1. The predicted molar refractivity (Wildman–Crippen MR) is 96.1 cm³/mol. The number of fused-ring (bicyclic) bond motifs is 1. The molecule has 4 rings (SSSR count). The van der Waals surface area contributed by atoms with E-state index < -0.39 is 18.2 Å². The van der Waals surface area contributed by atoms with Gasteiger partial charge in [0, 0.05) is 17.7 Å². The Kier molecular flexibility index (Phi) is 4.27. The molecule has 2 heterocycles. The summed E-state index contributed by atoms with van der Waals surface area (Å²) in [5, 5.41) is 2.82. The van der Waals surface area contributed by atoms with Crippen LogP contribution < -0.4 is 10.1 Å². The van der Waals surface area contributed by atoms with Crippen molar-refractivity contribution in [3.63, 3.8) is 0 Å². The van der Waals surface area contributed by atoms with Crippen LogP contribution in [0.5, 0.6) is 5.75 Å². The summed E-state index contributed by atoms with van der Waals surface area (Å²) in [5.74, 6) is -0.324. The summed E-state index contributed by atoms with van der Waals surface area (Å²) in [5.41, 5.74) is 1.64. The monoisotopic (exact) mass is 366 g/mol. The zero-order valence-electron chi connectivity index (χ0n) is 14.7. The van der Waals surface area contributed by atoms with Gasteiger partial charge in [0.2, 0.25) is 18.0 Å². The van der Waals surface area contributed by atoms with Crippen molar-refractivity contribution in [3.05, 3.63) is 59.7 Å². The molecular formula is C20H18N2O5. The number of nitrogens with zero attached hydrogens (tertiary/aromatic N) is 1. The van der Waals surface area contributed by atoms with Crippen LogP contribution in [0.15, 0.2) is 48.5 Å². The normalized spacial score (nSPS) is 21.0. The molecule has 2 aromatic carbocycles. The quantitative estimate of drug-likeness (QED) is 0.841. The van der Waals surface area contributed by atoms with Crippen LogP contribution in [-0.4, -0.2) is 35.8 Å². The summed E-state index contributed by atoms with van der Waals surface area (Å²) >= 11 is 0. The highest BCUT2D eigenvalue weighted by molar-refractivity contribution is 6.00. The summed E-state index contributed by atoms with van der Waals surface area (Å²) < 4.78 is 10.5. The van der Waals surface area contributed by atoms with Gasteiger partial charge in [0.05, 0.1) is 12.7 Å². The number of methoxy groups -OCH3 is 1. The minimum atomic E-state index is -0.865. The fraction of sp³-hybridized carbons (Fsp3) is 0.250. The van der Waals surface area contributed by atoms with Crippen LogP contribution in [0.2, 0.25) is 0 Å². The second-order valence-electron chi connectivity index (χ2n) is 6.42. The van der Waals surface area contributed by atoms with Crippen molar-refractivity contribution in [3.8, 4) is 5.75 Å². The van der Waals surface area contributed by atoms with Gasteiger partial charge in [-0.25, -0.2) is 4.79 Å². The Bertz CT molecular complexity index is 909. The first-order chi connectivity index (χ1) is 13.1. The minimum Gasteiger partial charge on any atom is -0.497 e. The second-order valence-corrected chi connectivity index (χ2v) is 6.42. The first-order valence-electron chi connectivity index (χ1n) is 8.64. The third-order valence-corrected chi connectivity index (χ3v) is 4.83. The zero-order valence-corrected chi connectivity index (χ0v) is 14.7. The average Bonchev–Trinajstić information content (AvgIpc) is 3.22. The van der Waals surface area contributed by atoms with Gasteiger partial charge in [-0.15, -0.1) is 0 Å². The third-order valence-electron chi connectivity index (χ3n) is 4.83. The Morgan fingerprint density at radius 1 is 1.15 bits per heavy atom. The molecule has 0 saturated carbocycles. The lowest BCUT2D eigenvalue weighted by Gasteiger charge is -2.29. The third kappa shape index (κ3) is 3.01. The first kappa shape index (κ1) is 17.1. The van der Waals surface area contributed by atoms with Crippen molar-refractivity contribution in [1.29, 1.82) is 0 Å². The largest absolute Gasteiger partial charge is 0.497 e. The number of hydrogen-bond acceptors (Lipinski definition) is 5. The smallest absolute Gasteiger partial charge is 0.340 e. The second kappa shape index (κ2) is 6.75. The van der Waals surface area contributed by atoms with Gasteiger partial charge < -0.3 is 14.8 Å². The molecule has 2 atom stereocenters. The van der Waals surface area contributed by atoms with E-state index in [1.807, 2.05) is 0 Å². The lowest BCUT2D eigenvalue weighted by atomic mass is 10.1. The maximum atomic E-state index is 12.8. The molecule has 2 aromatic rings. The molecule has 7 nitrogen and oxygen atoms in total. The molecule has 1 fully saturated rings. The van der Waals surface area contributed by atoms with Gasteiger partial charge in [0.25, 0.3) is 0 Å². The van der Waals surface area contributed by atoms with Crippen molar-refractivity contribution >= 4 is 23.5 Å². The molecule has 138 valence electrons. The van der Waals surface area contributed by atoms with Crippen LogP contribution in [0.3, 0.4) is 0 Å². The standard InChI is InChI=1S/C20H18N2O5/c1-26-13-8-6-12(7-9-13)21-18(24)16-10-11-17(23)22(16)19-14-4-2-3-5-15(14)20(25)27-19/h2-9,16,19H,10-11H2,1H3,(H,21,24). The minimum absolute atomic E-state index is 0.209. The molecule has 2 aliphatic rings. The molecular weight excluding hydrogens is 348 g/mol. The number of nitrogens with one attached hydrogen (secondary N) is 1. The molecule has 0 radical (unpaired) electrons. The highest BCUT2D eigenvalue weighted by atomic mass is 16.6. The van der Waals surface area contributed by atoms with E-state index in [1.165, 1.54) is 4.90 Å². The van der Waals surface area contributed by atoms with E-state index in [0.29, 0.717) is 29.0 Å². The molecule has 1 saturated heterocycles. The Hall–Kier alpha value is -3.35. The van der Waals surface area contributed by atoms with E-state index in [9.17, 15) is 14.4 Å². The highest BCUT2D eigenvalue weighted by Crippen LogP contribution is 2.38. The van der Waals surface area contributed by atoms with Gasteiger partial charge in [-0.2, -0.15) is 0 Å². The van der Waals surface area contributed by atoms with E-state index in [1.54, 1.807) is 55.6 Å². The highest BCUT2D eigenvalue weighted by Gasteiger charge is 2.46. The van der Waals surface area contributed by atoms with Crippen LogP contribution in [0.4, 0.5) is 5.69 Å². The van der Waals surface area contributed by atoms with Crippen LogP contribution in [0.1, 0.15) is 35.0 Å². The van der Waals surface area contributed by atoms with Crippen molar-refractivity contribution in [2.24, 2.45) is 0 Å². The van der Waals surface area contributed by atoms with Gasteiger partial charge in [0.15, 0.2) is 0 Å². The molecule has 27 heavy (non-hydrogen) atoms. The van der Waals surface area contributed by atoms with E-state index in [2.05, 4.69) is 5.32 Å². The maximum absolute atomic E-state index is 12.8. The van der Waals surface area contributed by atoms with Crippen LogP contribution in [0, 0.1) is 0 Å². The molecule has 0 bridgehead atoms. The Labute approximate surface area is 155 Å². The van der Waals surface area contributed by atoms with Gasteiger partial charge in [-0.3, -0.25) is 14.5 Å². The summed E-state index contributed by atoms with van der Waals surface area (Å²) in [4.78, 5) is 38.7. The molecule has 0 aromatic heterocycles. The van der Waals surface area contributed by atoms with Crippen LogP contribution in [-0.2, 0) is 14.3 Å². The number of likely N-dealkylation sites (tertiary alicyclic amines) is 1. The summed E-state index contributed by atoms with van der Waals surface area (Å²) in [7, 11) is 1.57. The number of carbonyl (C=O) groups excluding carboxylic acids is 3. The number of esters is 1. The number of rotatable bonds is 4. The van der Waals surface area contributed by atoms with E-state index in [4.69, 9.17) is 9.47 Å². The summed E-state index contributed by atoms with van der Waals surface area (Å²) in [6, 6.07) is 13.1. The summed E-state index contributed by atoms with van der Waals surface area (Å²) in [6.07, 6.45) is -0.260. The van der Waals surface area contributed by atoms with Crippen molar-refractivity contribution in [1.82, 2.24) is 4.90 Å². The molecule has 2 unspecified atom stereocenters. The number of carbonyl (C=O) groups is 3. The number of anilines is 1. The number of cyclic esters (lactones) is 1. The lowest BCUT2D eigenvalue weighted by molar-refractivity contribution is -0.144. The van der Waals surface area contributed by atoms with Crippen molar-refractivity contribution in [2.75, 3.05) is 12.4 Å². The lowest BCUT2D eigenvalue weighted by Crippen LogP contribution is -2.43. The van der Waals surface area contributed by atoms with E-state index in [0.717, 1.165) is 0 Å². The molecule has 1 N–H and O–H groups in total. The summed E-state index contributed by atoms with van der Waals surface area (Å²) in [6.45, 7) is 0. The van der Waals surface area contributed by atoms with Gasteiger partial charge in [-0.05, 0) is 36.8 Å². The molecule has 7 heteroatoms.